The van der Waals surface area contributed by atoms with Crippen LogP contribution in [0, 0.1) is 5.92 Å². The molecule has 0 radical (unpaired) electrons. The molecule has 0 atom stereocenters. The Morgan fingerprint density at radius 2 is 2.00 bits per heavy atom. The number of nitrogens with zero attached hydrogens (tertiary/aromatic N) is 3. The summed E-state index contributed by atoms with van der Waals surface area (Å²) in [5.41, 5.74) is 2.91. The average Bonchev–Trinajstić information content (AvgIpc) is 3.37. The second-order valence-electron chi connectivity index (χ2n) is 5.41. The second kappa shape index (κ2) is 5.13. The average molecular weight is 277 g/mol. The van der Waals surface area contributed by atoms with Crippen molar-refractivity contribution in [3.05, 3.63) is 48.9 Å². The van der Waals surface area contributed by atoms with E-state index in [2.05, 4.69) is 27.1 Å². The summed E-state index contributed by atoms with van der Waals surface area (Å²) in [6, 6.07) is 12.0. The molecule has 0 bridgehead atoms. The molecule has 0 N–H and O–H groups in total. The first-order valence-corrected chi connectivity index (χ1v) is 7.18. The second-order valence-corrected chi connectivity index (χ2v) is 5.41. The summed E-state index contributed by atoms with van der Waals surface area (Å²) in [6.45, 7) is 0.762. The van der Waals surface area contributed by atoms with Gasteiger partial charge in [0.2, 0.25) is 5.88 Å². The molecule has 4 heteroatoms. The smallest absolute Gasteiger partial charge is 0.216 e. The van der Waals surface area contributed by atoms with E-state index >= 15 is 0 Å². The SMILES string of the molecule is c1cnc2ccc(-c3cc(OCC4CC4)ncn3)cc2c1. The Morgan fingerprint density at radius 3 is 2.90 bits per heavy atom. The quantitative estimate of drug-likeness (QED) is 0.732. The lowest BCUT2D eigenvalue weighted by atomic mass is 10.1. The van der Waals surface area contributed by atoms with Crippen LogP contribution in [-0.4, -0.2) is 21.6 Å². The van der Waals surface area contributed by atoms with Crippen molar-refractivity contribution in [3.8, 4) is 17.1 Å². The van der Waals surface area contributed by atoms with Gasteiger partial charge >= 0.3 is 0 Å². The summed E-state index contributed by atoms with van der Waals surface area (Å²) in [6.07, 6.45) is 5.91. The maximum Gasteiger partial charge on any atom is 0.216 e. The van der Waals surface area contributed by atoms with Crippen LogP contribution in [0.25, 0.3) is 22.2 Å². The highest BCUT2D eigenvalue weighted by molar-refractivity contribution is 5.83. The molecule has 0 amide bonds. The molecule has 1 aromatic carbocycles. The van der Waals surface area contributed by atoms with Crippen molar-refractivity contribution in [1.82, 2.24) is 15.0 Å². The third-order valence-corrected chi connectivity index (χ3v) is 3.70. The molecule has 0 aliphatic heterocycles. The standard InChI is InChI=1S/C17H15N3O/c1-2-13-8-14(5-6-15(13)18-7-1)16-9-17(20-11-19-16)21-10-12-3-4-12/h1-2,5-9,11-12H,3-4,10H2. The molecular weight excluding hydrogens is 262 g/mol. The molecule has 0 unspecified atom stereocenters. The number of pyridine rings is 1. The van der Waals surface area contributed by atoms with E-state index in [1.54, 1.807) is 12.5 Å². The fourth-order valence-electron chi connectivity index (χ4n) is 2.30. The third-order valence-electron chi connectivity index (χ3n) is 3.70. The monoisotopic (exact) mass is 277 g/mol. The van der Waals surface area contributed by atoms with Gasteiger partial charge < -0.3 is 4.74 Å². The van der Waals surface area contributed by atoms with Crippen molar-refractivity contribution in [2.24, 2.45) is 5.92 Å². The Labute approximate surface area is 122 Å². The molecule has 21 heavy (non-hydrogen) atoms. The molecular formula is C17H15N3O. The number of fused-ring (bicyclic) bond motifs is 1. The highest BCUT2D eigenvalue weighted by Gasteiger charge is 2.22. The minimum atomic E-state index is 0.651. The first-order chi connectivity index (χ1) is 10.4. The van der Waals surface area contributed by atoms with Crippen LogP contribution >= 0.6 is 0 Å². The molecule has 1 aliphatic rings. The number of hydrogen-bond acceptors (Lipinski definition) is 4. The van der Waals surface area contributed by atoms with E-state index in [9.17, 15) is 0 Å². The summed E-state index contributed by atoms with van der Waals surface area (Å²) in [7, 11) is 0. The lowest BCUT2D eigenvalue weighted by molar-refractivity contribution is 0.288. The van der Waals surface area contributed by atoms with Crippen LogP contribution in [0.1, 0.15) is 12.8 Å². The molecule has 1 fully saturated rings. The molecule has 1 aliphatic carbocycles. The van der Waals surface area contributed by atoms with E-state index in [1.807, 2.05) is 24.3 Å². The lowest BCUT2D eigenvalue weighted by Crippen LogP contribution is -2.01. The van der Waals surface area contributed by atoms with Crippen molar-refractivity contribution in [2.45, 2.75) is 12.8 Å². The van der Waals surface area contributed by atoms with Crippen molar-refractivity contribution < 1.29 is 4.74 Å². The molecule has 3 aromatic rings. The number of benzene rings is 1. The van der Waals surface area contributed by atoms with Gasteiger partial charge in [0.15, 0.2) is 0 Å². The number of aromatic nitrogens is 3. The predicted octanol–water partition coefficient (Wildman–Crippen LogP) is 3.48. The molecule has 1 saturated carbocycles. The van der Waals surface area contributed by atoms with Crippen LogP contribution in [0.5, 0.6) is 5.88 Å². The minimum Gasteiger partial charge on any atom is -0.477 e. The van der Waals surface area contributed by atoms with Gasteiger partial charge in [0, 0.05) is 23.2 Å². The number of ether oxygens (including phenoxy) is 1. The molecule has 4 nitrogen and oxygen atoms in total. The van der Waals surface area contributed by atoms with Gasteiger partial charge in [-0.05, 0) is 37.0 Å². The molecule has 0 saturated heterocycles. The summed E-state index contributed by atoms with van der Waals surface area (Å²) < 4.78 is 5.72. The maximum atomic E-state index is 5.72. The van der Waals surface area contributed by atoms with Crippen molar-refractivity contribution in [1.29, 1.82) is 0 Å². The van der Waals surface area contributed by atoms with Crippen LogP contribution in [0.15, 0.2) is 48.9 Å². The van der Waals surface area contributed by atoms with Gasteiger partial charge in [0.05, 0.1) is 17.8 Å². The Kier molecular flexibility index (Phi) is 2.99. The zero-order valence-corrected chi connectivity index (χ0v) is 11.6. The van der Waals surface area contributed by atoms with Crippen molar-refractivity contribution in [3.63, 3.8) is 0 Å². The first-order valence-electron chi connectivity index (χ1n) is 7.18. The normalized spacial score (nSPS) is 14.3. The van der Waals surface area contributed by atoms with Gasteiger partial charge in [-0.3, -0.25) is 4.98 Å². The first kappa shape index (κ1) is 12.3. The molecule has 104 valence electrons. The van der Waals surface area contributed by atoms with E-state index in [-0.39, 0.29) is 0 Å². The van der Waals surface area contributed by atoms with Crippen LogP contribution in [0.3, 0.4) is 0 Å². The van der Waals surface area contributed by atoms with E-state index in [1.165, 1.54) is 12.8 Å². The fourth-order valence-corrected chi connectivity index (χ4v) is 2.30. The van der Waals surface area contributed by atoms with Gasteiger partial charge in [0.1, 0.15) is 6.33 Å². The van der Waals surface area contributed by atoms with Crippen LogP contribution < -0.4 is 4.74 Å². The Morgan fingerprint density at radius 1 is 1.05 bits per heavy atom. The molecule has 2 aromatic heterocycles. The van der Waals surface area contributed by atoms with Crippen molar-refractivity contribution >= 4 is 10.9 Å². The van der Waals surface area contributed by atoms with E-state index in [4.69, 9.17) is 4.74 Å². The van der Waals surface area contributed by atoms with E-state index in [0.717, 1.165) is 34.7 Å². The highest BCUT2D eigenvalue weighted by Crippen LogP contribution is 2.30. The maximum absolute atomic E-state index is 5.72. The zero-order chi connectivity index (χ0) is 14.1. The summed E-state index contributed by atoms with van der Waals surface area (Å²) in [4.78, 5) is 12.9. The Hall–Kier alpha value is -2.49. The van der Waals surface area contributed by atoms with Crippen molar-refractivity contribution in [2.75, 3.05) is 6.61 Å². The third kappa shape index (κ3) is 2.70. The number of rotatable bonds is 4. The van der Waals surface area contributed by atoms with Crippen LogP contribution in [0.4, 0.5) is 0 Å². The topological polar surface area (TPSA) is 47.9 Å². The van der Waals surface area contributed by atoms with Gasteiger partial charge in [-0.1, -0.05) is 12.1 Å². The van der Waals surface area contributed by atoms with E-state index in [0.29, 0.717) is 5.88 Å². The van der Waals surface area contributed by atoms with Gasteiger partial charge in [0.25, 0.3) is 0 Å². The predicted molar refractivity (Wildman–Crippen MR) is 81.0 cm³/mol. The van der Waals surface area contributed by atoms with Crippen LogP contribution in [-0.2, 0) is 0 Å². The summed E-state index contributed by atoms with van der Waals surface area (Å²) in [5.74, 6) is 1.37. The zero-order valence-electron chi connectivity index (χ0n) is 11.6. The molecule has 0 spiro atoms. The number of hydrogen-bond donors (Lipinski definition) is 0. The minimum absolute atomic E-state index is 0.651. The summed E-state index contributed by atoms with van der Waals surface area (Å²) >= 11 is 0. The Balaban J connectivity index is 1.65. The van der Waals surface area contributed by atoms with Gasteiger partial charge in [-0.15, -0.1) is 0 Å². The largest absolute Gasteiger partial charge is 0.477 e. The molecule has 4 rings (SSSR count). The Bertz CT molecular complexity index is 784. The van der Waals surface area contributed by atoms with Gasteiger partial charge in [-0.25, -0.2) is 9.97 Å². The highest BCUT2D eigenvalue weighted by atomic mass is 16.5. The molecule has 2 heterocycles. The van der Waals surface area contributed by atoms with E-state index < -0.39 is 0 Å². The van der Waals surface area contributed by atoms with Gasteiger partial charge in [-0.2, -0.15) is 0 Å². The summed E-state index contributed by atoms with van der Waals surface area (Å²) in [5, 5.41) is 1.11. The lowest BCUT2D eigenvalue weighted by Gasteiger charge is -2.06. The fraction of sp³-hybridized carbons (Fsp3) is 0.235. The van der Waals surface area contributed by atoms with Crippen LogP contribution in [0.2, 0.25) is 0 Å².